The van der Waals surface area contributed by atoms with Crippen LogP contribution in [0.15, 0.2) is 18.2 Å². The molecule has 6 nitrogen and oxygen atoms in total. The Balaban J connectivity index is 3.03. The summed E-state index contributed by atoms with van der Waals surface area (Å²) < 4.78 is 0. The number of nitrogens with zero attached hydrogens (tertiary/aromatic N) is 1. The molecule has 1 aromatic rings. The van der Waals surface area contributed by atoms with Crippen molar-refractivity contribution in [2.75, 3.05) is 10.7 Å². The molecule has 0 aliphatic rings. The first-order valence-corrected chi connectivity index (χ1v) is 6.55. The van der Waals surface area contributed by atoms with Crippen molar-refractivity contribution in [2.45, 2.75) is 39.7 Å². The van der Waals surface area contributed by atoms with E-state index in [4.69, 9.17) is 5.84 Å². The van der Waals surface area contributed by atoms with E-state index in [9.17, 15) is 10.1 Å². The molecule has 6 heteroatoms. The molecule has 0 saturated carbocycles. The minimum absolute atomic E-state index is 0.0113. The van der Waals surface area contributed by atoms with Crippen molar-refractivity contribution in [3.05, 3.63) is 28.3 Å². The van der Waals surface area contributed by atoms with Gasteiger partial charge in [0, 0.05) is 6.04 Å². The summed E-state index contributed by atoms with van der Waals surface area (Å²) in [6.07, 6.45) is 2.07. The molecule has 0 fully saturated rings. The zero-order chi connectivity index (χ0) is 14.4. The highest BCUT2D eigenvalue weighted by Crippen LogP contribution is 2.33. The lowest BCUT2D eigenvalue weighted by atomic mass is 9.95. The van der Waals surface area contributed by atoms with Gasteiger partial charge in [0.15, 0.2) is 0 Å². The van der Waals surface area contributed by atoms with Gasteiger partial charge in [-0.2, -0.15) is 0 Å². The maximum absolute atomic E-state index is 11.2. The highest BCUT2D eigenvalue weighted by Gasteiger charge is 2.22. The Hall–Kier alpha value is -1.82. The molecule has 0 bridgehead atoms. The fourth-order valence-electron chi connectivity index (χ4n) is 2.33. The monoisotopic (exact) mass is 266 g/mol. The number of hydrogen-bond donors (Lipinski definition) is 3. The second-order valence-corrected chi connectivity index (χ2v) is 4.61. The van der Waals surface area contributed by atoms with Crippen molar-refractivity contribution in [3.8, 4) is 0 Å². The number of nitrogens with one attached hydrogen (secondary N) is 2. The standard InChI is InChI=1S/C13H22N4O2/c1-4-10(5-2)9(3)15-11-7-6-8-12(16-14)13(11)17(18)19/h6-10,15-16H,4-5,14H2,1-3H3. The van der Waals surface area contributed by atoms with Crippen LogP contribution in [-0.2, 0) is 0 Å². The molecule has 1 unspecified atom stereocenters. The van der Waals surface area contributed by atoms with Gasteiger partial charge in [0.25, 0.3) is 0 Å². The second kappa shape index (κ2) is 6.94. The maximum Gasteiger partial charge on any atom is 0.316 e. The maximum atomic E-state index is 11.2. The number of hydrazine groups is 1. The van der Waals surface area contributed by atoms with Gasteiger partial charge in [-0.05, 0) is 25.0 Å². The summed E-state index contributed by atoms with van der Waals surface area (Å²) in [6.45, 7) is 6.29. The topological polar surface area (TPSA) is 93.2 Å². The van der Waals surface area contributed by atoms with Crippen LogP contribution < -0.4 is 16.6 Å². The molecule has 0 radical (unpaired) electrons. The number of nitro groups is 1. The van der Waals surface area contributed by atoms with Crippen molar-refractivity contribution in [2.24, 2.45) is 11.8 Å². The van der Waals surface area contributed by atoms with Gasteiger partial charge < -0.3 is 10.7 Å². The average molecular weight is 266 g/mol. The number of rotatable bonds is 7. The van der Waals surface area contributed by atoms with E-state index in [2.05, 4.69) is 24.6 Å². The number of nitro benzene ring substituents is 1. The molecule has 19 heavy (non-hydrogen) atoms. The zero-order valence-electron chi connectivity index (χ0n) is 11.6. The Bertz CT molecular complexity index is 433. The molecule has 0 aliphatic carbocycles. The van der Waals surface area contributed by atoms with Crippen molar-refractivity contribution < 1.29 is 4.92 Å². The largest absolute Gasteiger partial charge is 0.377 e. The average Bonchev–Trinajstić information content (AvgIpc) is 2.39. The summed E-state index contributed by atoms with van der Waals surface area (Å²) in [5.74, 6) is 5.80. The molecule has 0 aliphatic heterocycles. The van der Waals surface area contributed by atoms with Gasteiger partial charge in [-0.3, -0.25) is 16.0 Å². The highest BCUT2D eigenvalue weighted by atomic mass is 16.6. The van der Waals surface area contributed by atoms with Gasteiger partial charge >= 0.3 is 5.69 Å². The molecular weight excluding hydrogens is 244 g/mol. The van der Waals surface area contributed by atoms with Crippen LogP contribution in [0.1, 0.15) is 33.6 Å². The first kappa shape index (κ1) is 15.2. The lowest BCUT2D eigenvalue weighted by molar-refractivity contribution is -0.383. The summed E-state index contributed by atoms with van der Waals surface area (Å²) in [6, 6.07) is 5.20. The Morgan fingerprint density at radius 2 is 1.89 bits per heavy atom. The van der Waals surface area contributed by atoms with Gasteiger partial charge in [0.05, 0.1) is 4.92 Å². The lowest BCUT2D eigenvalue weighted by Crippen LogP contribution is -2.25. The summed E-state index contributed by atoms with van der Waals surface area (Å²) in [5, 5.41) is 14.4. The van der Waals surface area contributed by atoms with Crippen molar-refractivity contribution in [3.63, 3.8) is 0 Å². The summed E-state index contributed by atoms with van der Waals surface area (Å²) >= 11 is 0. The predicted molar refractivity (Wildman–Crippen MR) is 78.1 cm³/mol. The molecule has 1 atom stereocenters. The summed E-state index contributed by atoms with van der Waals surface area (Å²) in [4.78, 5) is 10.7. The Kier molecular flexibility index (Phi) is 5.57. The normalized spacial score (nSPS) is 12.3. The van der Waals surface area contributed by atoms with Crippen LogP contribution in [0.3, 0.4) is 0 Å². The third-order valence-corrected chi connectivity index (χ3v) is 3.51. The van der Waals surface area contributed by atoms with Crippen LogP contribution >= 0.6 is 0 Å². The first-order valence-electron chi connectivity index (χ1n) is 6.55. The molecule has 0 heterocycles. The first-order chi connectivity index (χ1) is 9.04. The molecule has 106 valence electrons. The van der Waals surface area contributed by atoms with Crippen LogP contribution in [0.2, 0.25) is 0 Å². The van der Waals surface area contributed by atoms with Crippen molar-refractivity contribution in [1.29, 1.82) is 0 Å². The summed E-state index contributed by atoms with van der Waals surface area (Å²) in [7, 11) is 0. The van der Waals surface area contributed by atoms with E-state index < -0.39 is 4.92 Å². The van der Waals surface area contributed by atoms with E-state index >= 15 is 0 Å². The van der Waals surface area contributed by atoms with Gasteiger partial charge in [0.1, 0.15) is 11.4 Å². The van der Waals surface area contributed by atoms with Crippen LogP contribution in [-0.4, -0.2) is 11.0 Å². The molecule has 0 saturated heterocycles. The van der Waals surface area contributed by atoms with E-state index in [1.165, 1.54) is 0 Å². The van der Waals surface area contributed by atoms with Crippen LogP contribution in [0.25, 0.3) is 0 Å². The van der Waals surface area contributed by atoms with E-state index in [1.807, 2.05) is 6.92 Å². The number of para-hydroxylation sites is 1. The predicted octanol–water partition coefficient (Wildman–Crippen LogP) is 3.12. The number of benzene rings is 1. The van der Waals surface area contributed by atoms with Crippen LogP contribution in [0, 0.1) is 16.0 Å². The van der Waals surface area contributed by atoms with Crippen molar-refractivity contribution >= 4 is 17.1 Å². The summed E-state index contributed by atoms with van der Waals surface area (Å²) in [5.41, 5.74) is 3.17. The van der Waals surface area contributed by atoms with E-state index in [-0.39, 0.29) is 11.7 Å². The van der Waals surface area contributed by atoms with Crippen LogP contribution in [0.4, 0.5) is 17.1 Å². The smallest absolute Gasteiger partial charge is 0.316 e. The van der Waals surface area contributed by atoms with Gasteiger partial charge in [0.2, 0.25) is 0 Å². The number of hydrogen-bond acceptors (Lipinski definition) is 5. The van der Waals surface area contributed by atoms with E-state index in [1.54, 1.807) is 18.2 Å². The third-order valence-electron chi connectivity index (χ3n) is 3.51. The fraction of sp³-hybridized carbons (Fsp3) is 0.538. The van der Waals surface area contributed by atoms with Crippen molar-refractivity contribution in [1.82, 2.24) is 0 Å². The minimum Gasteiger partial charge on any atom is -0.377 e. The minimum atomic E-state index is -0.419. The lowest BCUT2D eigenvalue weighted by Gasteiger charge is -2.23. The quantitative estimate of drug-likeness (QED) is 0.400. The Morgan fingerprint density at radius 3 is 2.37 bits per heavy atom. The second-order valence-electron chi connectivity index (χ2n) is 4.61. The molecule has 1 rings (SSSR count). The number of nitrogen functional groups attached to an aromatic ring is 1. The SMILES string of the molecule is CCC(CC)C(C)Nc1cccc(NN)c1[N+](=O)[O-]. The molecule has 0 amide bonds. The van der Waals surface area contributed by atoms with Crippen LogP contribution in [0.5, 0.6) is 0 Å². The highest BCUT2D eigenvalue weighted by molar-refractivity contribution is 5.76. The Morgan fingerprint density at radius 1 is 1.32 bits per heavy atom. The molecule has 1 aromatic carbocycles. The number of anilines is 2. The zero-order valence-corrected chi connectivity index (χ0v) is 11.6. The molecule has 4 N–H and O–H groups in total. The van der Waals surface area contributed by atoms with E-state index in [0.29, 0.717) is 17.3 Å². The fourth-order valence-corrected chi connectivity index (χ4v) is 2.33. The van der Waals surface area contributed by atoms with Gasteiger partial charge in [-0.15, -0.1) is 0 Å². The third kappa shape index (κ3) is 3.57. The van der Waals surface area contributed by atoms with Gasteiger partial charge in [-0.1, -0.05) is 32.8 Å². The molecule has 0 aromatic heterocycles. The Labute approximate surface area is 113 Å². The van der Waals surface area contributed by atoms with Gasteiger partial charge in [-0.25, -0.2) is 0 Å². The molecule has 0 spiro atoms. The molecular formula is C13H22N4O2. The number of nitrogens with two attached hydrogens (primary N) is 1. The van der Waals surface area contributed by atoms with E-state index in [0.717, 1.165) is 12.8 Å².